The summed E-state index contributed by atoms with van der Waals surface area (Å²) < 4.78 is 7.58. The van der Waals surface area contributed by atoms with E-state index in [0.29, 0.717) is 0 Å². The SMILES string of the molecule is CCOC(CC)(OC(=O)O)C(Cl)(Cl)Cl. The molecule has 1 N–H and O–H groups in total. The smallest absolute Gasteiger partial charge is 0.450 e. The molecular weight excluding hydrogens is 254 g/mol. The molecule has 0 spiro atoms. The molecule has 0 amide bonds. The Morgan fingerprint density at radius 1 is 1.36 bits per heavy atom. The van der Waals surface area contributed by atoms with E-state index in [4.69, 9.17) is 44.6 Å². The summed E-state index contributed by atoms with van der Waals surface area (Å²) in [6.07, 6.45) is -1.45. The summed E-state index contributed by atoms with van der Waals surface area (Å²) >= 11 is 16.8. The van der Waals surface area contributed by atoms with Gasteiger partial charge in [-0.05, 0) is 6.92 Å². The fourth-order valence-corrected chi connectivity index (χ4v) is 1.60. The van der Waals surface area contributed by atoms with E-state index in [-0.39, 0.29) is 13.0 Å². The molecule has 0 aliphatic heterocycles. The number of hydrogen-bond acceptors (Lipinski definition) is 3. The lowest BCUT2D eigenvalue weighted by atomic mass is 10.2. The van der Waals surface area contributed by atoms with Crippen LogP contribution < -0.4 is 0 Å². The maximum atomic E-state index is 10.4. The molecule has 0 bridgehead atoms. The van der Waals surface area contributed by atoms with Gasteiger partial charge in [0.15, 0.2) is 0 Å². The molecule has 0 saturated carbocycles. The predicted octanol–water partition coefficient (Wildman–Crippen LogP) is 3.19. The van der Waals surface area contributed by atoms with Crippen LogP contribution in [-0.2, 0) is 9.47 Å². The molecule has 0 heterocycles. The highest BCUT2D eigenvalue weighted by Gasteiger charge is 2.52. The van der Waals surface area contributed by atoms with Gasteiger partial charge in [0.25, 0.3) is 9.58 Å². The summed E-state index contributed by atoms with van der Waals surface area (Å²) in [5, 5.41) is 8.49. The van der Waals surface area contributed by atoms with Crippen LogP contribution in [0.3, 0.4) is 0 Å². The van der Waals surface area contributed by atoms with Gasteiger partial charge in [-0.15, -0.1) is 0 Å². The minimum absolute atomic E-state index is 0.101. The molecule has 7 heteroatoms. The zero-order chi connectivity index (χ0) is 11.4. The van der Waals surface area contributed by atoms with Gasteiger partial charge >= 0.3 is 6.16 Å². The fourth-order valence-electron chi connectivity index (χ4n) is 0.918. The third kappa shape index (κ3) is 3.35. The Balaban J connectivity index is 4.87. The van der Waals surface area contributed by atoms with E-state index in [0.717, 1.165) is 0 Å². The molecule has 0 radical (unpaired) electrons. The van der Waals surface area contributed by atoms with Crippen LogP contribution in [0, 0.1) is 0 Å². The molecule has 1 atom stereocenters. The first-order chi connectivity index (χ1) is 6.29. The first-order valence-corrected chi connectivity index (χ1v) is 5.05. The van der Waals surface area contributed by atoms with Crippen molar-refractivity contribution in [2.45, 2.75) is 29.8 Å². The van der Waals surface area contributed by atoms with Crippen LogP contribution in [0.15, 0.2) is 0 Å². The van der Waals surface area contributed by atoms with Gasteiger partial charge in [0.2, 0.25) is 0 Å². The summed E-state index contributed by atoms with van der Waals surface area (Å²) in [5.74, 6) is -1.75. The van der Waals surface area contributed by atoms with Crippen molar-refractivity contribution in [2.75, 3.05) is 6.61 Å². The highest BCUT2D eigenvalue weighted by Crippen LogP contribution is 2.43. The second-order valence-corrected chi connectivity index (χ2v) is 4.69. The molecular formula is C7H11Cl3O4. The van der Waals surface area contributed by atoms with Crippen LogP contribution >= 0.6 is 34.8 Å². The lowest BCUT2D eigenvalue weighted by Gasteiger charge is -2.36. The summed E-state index contributed by atoms with van der Waals surface area (Å²) in [5.41, 5.74) is 0. The molecule has 4 nitrogen and oxygen atoms in total. The largest absolute Gasteiger partial charge is 0.508 e. The van der Waals surface area contributed by atoms with Crippen LogP contribution in [0.2, 0.25) is 0 Å². The van der Waals surface area contributed by atoms with Crippen LogP contribution in [0.5, 0.6) is 0 Å². The van der Waals surface area contributed by atoms with Crippen LogP contribution in [-0.4, -0.2) is 27.4 Å². The first kappa shape index (κ1) is 14.1. The highest BCUT2D eigenvalue weighted by atomic mass is 35.6. The van der Waals surface area contributed by atoms with E-state index < -0.39 is 15.7 Å². The van der Waals surface area contributed by atoms with Crippen LogP contribution in [0.25, 0.3) is 0 Å². The molecule has 0 aliphatic rings. The van der Waals surface area contributed by atoms with Crippen molar-refractivity contribution in [2.24, 2.45) is 0 Å². The van der Waals surface area contributed by atoms with Gasteiger partial charge in [-0.2, -0.15) is 0 Å². The molecule has 1 unspecified atom stereocenters. The van der Waals surface area contributed by atoms with Gasteiger partial charge in [0.05, 0.1) is 0 Å². The van der Waals surface area contributed by atoms with Gasteiger partial charge in [0, 0.05) is 13.0 Å². The minimum Gasteiger partial charge on any atom is -0.450 e. The lowest BCUT2D eigenvalue weighted by molar-refractivity contribution is -0.206. The monoisotopic (exact) mass is 264 g/mol. The number of carboxylic acid groups (broad SMARTS) is 1. The molecule has 0 saturated heterocycles. The van der Waals surface area contributed by atoms with E-state index in [2.05, 4.69) is 4.74 Å². The average molecular weight is 266 g/mol. The van der Waals surface area contributed by atoms with Crippen molar-refractivity contribution >= 4 is 41.0 Å². The lowest BCUT2D eigenvalue weighted by Crippen LogP contribution is -2.48. The molecule has 0 fully saturated rings. The van der Waals surface area contributed by atoms with E-state index in [1.165, 1.54) is 0 Å². The van der Waals surface area contributed by atoms with Crippen molar-refractivity contribution in [1.29, 1.82) is 0 Å². The Morgan fingerprint density at radius 2 is 1.86 bits per heavy atom. The molecule has 0 aromatic rings. The fraction of sp³-hybridized carbons (Fsp3) is 0.857. The molecule has 84 valence electrons. The van der Waals surface area contributed by atoms with E-state index in [9.17, 15) is 4.79 Å². The Bertz CT molecular complexity index is 204. The topological polar surface area (TPSA) is 55.8 Å². The van der Waals surface area contributed by atoms with E-state index in [1.54, 1.807) is 13.8 Å². The van der Waals surface area contributed by atoms with E-state index in [1.807, 2.05) is 0 Å². The van der Waals surface area contributed by atoms with Crippen molar-refractivity contribution < 1.29 is 19.4 Å². The Hall–Kier alpha value is 0.1000. The van der Waals surface area contributed by atoms with Gasteiger partial charge < -0.3 is 14.6 Å². The zero-order valence-corrected chi connectivity index (χ0v) is 9.99. The van der Waals surface area contributed by atoms with Crippen molar-refractivity contribution in [3.8, 4) is 0 Å². The average Bonchev–Trinajstić information content (AvgIpc) is 2.00. The Morgan fingerprint density at radius 3 is 2.07 bits per heavy atom. The number of carbonyl (C=O) groups is 1. The molecule has 0 aromatic heterocycles. The molecule has 14 heavy (non-hydrogen) atoms. The normalized spacial score (nSPS) is 16.1. The molecule has 0 aromatic carbocycles. The zero-order valence-electron chi connectivity index (χ0n) is 7.72. The Labute approximate surface area is 97.0 Å². The van der Waals surface area contributed by atoms with Crippen molar-refractivity contribution in [3.05, 3.63) is 0 Å². The van der Waals surface area contributed by atoms with Crippen molar-refractivity contribution in [3.63, 3.8) is 0 Å². The second kappa shape index (κ2) is 5.26. The summed E-state index contributed by atoms with van der Waals surface area (Å²) in [4.78, 5) is 10.4. The summed E-state index contributed by atoms with van der Waals surface area (Å²) in [7, 11) is 0. The van der Waals surface area contributed by atoms with Gasteiger partial charge in [-0.3, -0.25) is 0 Å². The maximum absolute atomic E-state index is 10.4. The van der Waals surface area contributed by atoms with Crippen molar-refractivity contribution in [1.82, 2.24) is 0 Å². The summed E-state index contributed by atoms with van der Waals surface area (Å²) in [6, 6.07) is 0. The summed E-state index contributed by atoms with van der Waals surface area (Å²) in [6.45, 7) is 3.42. The molecule has 0 aliphatic carbocycles. The quantitative estimate of drug-likeness (QED) is 0.482. The van der Waals surface area contributed by atoms with Crippen LogP contribution in [0.1, 0.15) is 20.3 Å². The standard InChI is InChI=1S/C7H11Cl3O4/c1-3-6(13-4-2,7(8,9)10)14-5(11)12/h3-4H2,1-2H3,(H,11,12). The van der Waals surface area contributed by atoms with Gasteiger partial charge in [-0.25, -0.2) is 4.79 Å². The van der Waals surface area contributed by atoms with Crippen LogP contribution in [0.4, 0.5) is 4.79 Å². The maximum Gasteiger partial charge on any atom is 0.508 e. The van der Waals surface area contributed by atoms with Gasteiger partial charge in [-0.1, -0.05) is 41.7 Å². The number of ether oxygens (including phenoxy) is 2. The third-order valence-electron chi connectivity index (χ3n) is 1.53. The first-order valence-electron chi connectivity index (χ1n) is 3.91. The second-order valence-electron chi connectivity index (χ2n) is 2.41. The highest BCUT2D eigenvalue weighted by molar-refractivity contribution is 6.68. The number of alkyl halides is 3. The van der Waals surface area contributed by atoms with Gasteiger partial charge in [0.1, 0.15) is 0 Å². The van der Waals surface area contributed by atoms with E-state index >= 15 is 0 Å². The third-order valence-corrected chi connectivity index (χ3v) is 2.39. The number of hydrogen-bond donors (Lipinski definition) is 1. The predicted molar refractivity (Wildman–Crippen MR) is 54.0 cm³/mol. The Kier molecular flexibility index (Phi) is 5.30. The minimum atomic E-state index is -1.96. The number of halogens is 3. The molecule has 0 rings (SSSR count). The number of rotatable bonds is 4.